The van der Waals surface area contributed by atoms with Crippen molar-refractivity contribution in [3.8, 4) is 16.3 Å². The lowest BCUT2D eigenvalue weighted by atomic mass is 10.2. The largest absolute Gasteiger partial charge is 0.494 e. The molecule has 0 aliphatic carbocycles. The molecule has 128 valence electrons. The second-order valence-corrected chi connectivity index (χ2v) is 6.77. The summed E-state index contributed by atoms with van der Waals surface area (Å²) in [4.78, 5) is 12.3. The first-order chi connectivity index (χ1) is 12.1. The average molecular weight is 394 g/mol. The highest BCUT2D eigenvalue weighted by Gasteiger charge is 2.14. The maximum absolute atomic E-state index is 12.3. The number of carbonyl (C=O) groups is 1. The highest BCUT2D eigenvalue weighted by molar-refractivity contribution is 7.18. The molecule has 0 aliphatic rings. The lowest BCUT2D eigenvalue weighted by Crippen LogP contribution is -2.12. The number of ether oxygens (including phenoxy) is 1. The number of nitrogens with one attached hydrogen (secondary N) is 1. The van der Waals surface area contributed by atoms with Crippen molar-refractivity contribution in [1.29, 1.82) is 0 Å². The van der Waals surface area contributed by atoms with Crippen molar-refractivity contribution in [2.75, 3.05) is 11.9 Å². The van der Waals surface area contributed by atoms with E-state index in [0.29, 0.717) is 27.3 Å². The van der Waals surface area contributed by atoms with E-state index in [1.807, 2.05) is 31.2 Å². The molecule has 8 heteroatoms. The van der Waals surface area contributed by atoms with Gasteiger partial charge in [-0.25, -0.2) is 0 Å². The zero-order valence-electron chi connectivity index (χ0n) is 13.1. The molecule has 0 saturated carbocycles. The normalized spacial score (nSPS) is 10.5. The summed E-state index contributed by atoms with van der Waals surface area (Å²) in [6.45, 7) is 2.54. The van der Waals surface area contributed by atoms with Gasteiger partial charge in [0.05, 0.1) is 17.2 Å². The molecule has 25 heavy (non-hydrogen) atoms. The van der Waals surface area contributed by atoms with Gasteiger partial charge in [-0.3, -0.25) is 10.1 Å². The van der Waals surface area contributed by atoms with Gasteiger partial charge >= 0.3 is 0 Å². The van der Waals surface area contributed by atoms with Crippen molar-refractivity contribution in [3.63, 3.8) is 0 Å². The van der Waals surface area contributed by atoms with E-state index in [1.165, 1.54) is 17.4 Å². The molecule has 0 saturated heterocycles. The van der Waals surface area contributed by atoms with Gasteiger partial charge < -0.3 is 4.74 Å². The highest BCUT2D eigenvalue weighted by atomic mass is 35.5. The van der Waals surface area contributed by atoms with Crippen LogP contribution in [0.1, 0.15) is 17.3 Å². The van der Waals surface area contributed by atoms with Crippen LogP contribution in [0.15, 0.2) is 42.5 Å². The monoisotopic (exact) mass is 393 g/mol. The number of rotatable bonds is 5. The van der Waals surface area contributed by atoms with Gasteiger partial charge in [-0.2, -0.15) is 0 Å². The Morgan fingerprint density at radius 1 is 1.16 bits per heavy atom. The first kappa shape index (κ1) is 17.7. The smallest absolute Gasteiger partial charge is 0.259 e. The second kappa shape index (κ2) is 7.82. The van der Waals surface area contributed by atoms with Crippen molar-refractivity contribution in [2.45, 2.75) is 6.92 Å². The fourth-order valence-electron chi connectivity index (χ4n) is 2.09. The minimum Gasteiger partial charge on any atom is -0.494 e. The maximum atomic E-state index is 12.3. The minimum absolute atomic E-state index is 0.279. The molecule has 1 heterocycles. The molecule has 0 radical (unpaired) electrons. The van der Waals surface area contributed by atoms with E-state index in [0.717, 1.165) is 11.3 Å². The lowest BCUT2D eigenvalue weighted by Gasteiger charge is -2.04. The summed E-state index contributed by atoms with van der Waals surface area (Å²) in [5.41, 5.74) is 1.22. The van der Waals surface area contributed by atoms with Crippen LogP contribution >= 0.6 is 34.5 Å². The first-order valence-electron chi connectivity index (χ1n) is 7.40. The summed E-state index contributed by atoms with van der Waals surface area (Å²) in [7, 11) is 0. The van der Waals surface area contributed by atoms with E-state index in [9.17, 15) is 4.79 Å². The summed E-state index contributed by atoms with van der Waals surface area (Å²) < 4.78 is 5.41. The van der Waals surface area contributed by atoms with Crippen LogP contribution in [0, 0.1) is 0 Å². The van der Waals surface area contributed by atoms with E-state index in [2.05, 4.69) is 15.5 Å². The quantitative estimate of drug-likeness (QED) is 0.649. The number of anilines is 1. The lowest BCUT2D eigenvalue weighted by molar-refractivity contribution is 0.102. The van der Waals surface area contributed by atoms with Crippen LogP contribution in [-0.2, 0) is 0 Å². The predicted octanol–water partition coefficient (Wildman–Crippen LogP) is 5.16. The molecular weight excluding hydrogens is 381 g/mol. The van der Waals surface area contributed by atoms with Crippen molar-refractivity contribution in [3.05, 3.63) is 58.1 Å². The summed E-state index contributed by atoms with van der Waals surface area (Å²) >= 11 is 13.2. The Bertz CT molecular complexity index is 897. The van der Waals surface area contributed by atoms with Gasteiger partial charge in [0.2, 0.25) is 5.13 Å². The van der Waals surface area contributed by atoms with Crippen LogP contribution in [0.4, 0.5) is 5.13 Å². The zero-order chi connectivity index (χ0) is 17.8. The number of hydrogen-bond donors (Lipinski definition) is 1. The van der Waals surface area contributed by atoms with Gasteiger partial charge in [-0.15, -0.1) is 10.2 Å². The fraction of sp³-hybridized carbons (Fsp3) is 0.118. The Kier molecular flexibility index (Phi) is 5.53. The third-order valence-corrected chi connectivity index (χ3v) is 4.67. The molecule has 1 N–H and O–H groups in total. The third-order valence-electron chi connectivity index (χ3n) is 3.23. The summed E-state index contributed by atoms with van der Waals surface area (Å²) in [5, 5.41) is 12.6. The number of amides is 1. The maximum Gasteiger partial charge on any atom is 0.259 e. The minimum atomic E-state index is -0.365. The van der Waals surface area contributed by atoms with Crippen LogP contribution in [0.3, 0.4) is 0 Å². The molecule has 2 aromatic carbocycles. The van der Waals surface area contributed by atoms with Gasteiger partial charge in [-0.05, 0) is 49.4 Å². The second-order valence-electron chi connectivity index (χ2n) is 4.95. The molecular formula is C17H13Cl2N3O2S. The average Bonchev–Trinajstić information content (AvgIpc) is 3.04. The predicted molar refractivity (Wildman–Crippen MR) is 101 cm³/mol. The summed E-state index contributed by atoms with van der Waals surface area (Å²) in [5.74, 6) is 0.428. The molecule has 0 bridgehead atoms. The molecule has 0 atom stereocenters. The molecule has 5 nitrogen and oxygen atoms in total. The number of nitrogens with zero attached hydrogens (tertiary/aromatic N) is 2. The van der Waals surface area contributed by atoms with Gasteiger partial charge in [-0.1, -0.05) is 34.5 Å². The summed E-state index contributed by atoms with van der Waals surface area (Å²) in [6, 6.07) is 12.2. The highest BCUT2D eigenvalue weighted by Crippen LogP contribution is 2.29. The zero-order valence-corrected chi connectivity index (χ0v) is 15.5. The fourth-order valence-corrected chi connectivity index (χ4v) is 3.33. The molecule has 3 rings (SSSR count). The van der Waals surface area contributed by atoms with E-state index in [4.69, 9.17) is 27.9 Å². The van der Waals surface area contributed by atoms with Crippen molar-refractivity contribution < 1.29 is 9.53 Å². The number of benzene rings is 2. The number of carbonyl (C=O) groups excluding carboxylic acids is 1. The molecule has 0 fully saturated rings. The van der Waals surface area contributed by atoms with Crippen molar-refractivity contribution >= 4 is 45.6 Å². The van der Waals surface area contributed by atoms with Crippen LogP contribution < -0.4 is 10.1 Å². The Labute approximate surface area is 158 Å². The van der Waals surface area contributed by atoms with Gasteiger partial charge in [0, 0.05) is 10.6 Å². The van der Waals surface area contributed by atoms with Crippen molar-refractivity contribution in [1.82, 2.24) is 10.2 Å². The SMILES string of the molecule is CCOc1ccc(-c2nnc(NC(=O)c3ccc(Cl)cc3Cl)s2)cc1. The molecule has 0 unspecified atom stereocenters. The molecule has 1 aromatic heterocycles. The standard InChI is InChI=1S/C17H13Cl2N3O2S/c1-2-24-12-6-3-10(4-7-12)16-21-22-17(25-16)20-15(23)13-8-5-11(18)9-14(13)19/h3-9H,2H2,1H3,(H,20,22,23). The Morgan fingerprint density at radius 3 is 2.60 bits per heavy atom. The summed E-state index contributed by atoms with van der Waals surface area (Å²) in [6.07, 6.45) is 0. The molecule has 3 aromatic rings. The van der Waals surface area contributed by atoms with Crippen molar-refractivity contribution in [2.24, 2.45) is 0 Å². The van der Waals surface area contributed by atoms with E-state index >= 15 is 0 Å². The van der Waals surface area contributed by atoms with E-state index < -0.39 is 0 Å². The molecule has 0 aliphatic heterocycles. The number of halogens is 2. The molecule has 1 amide bonds. The first-order valence-corrected chi connectivity index (χ1v) is 8.97. The van der Waals surface area contributed by atoms with Crippen LogP contribution in [0.5, 0.6) is 5.75 Å². The Morgan fingerprint density at radius 2 is 1.92 bits per heavy atom. The van der Waals surface area contributed by atoms with Crippen LogP contribution in [-0.4, -0.2) is 22.7 Å². The third kappa shape index (κ3) is 4.28. The molecule has 0 spiro atoms. The van der Waals surface area contributed by atoms with E-state index in [1.54, 1.807) is 12.1 Å². The Balaban J connectivity index is 1.74. The number of aromatic nitrogens is 2. The number of hydrogen-bond acceptors (Lipinski definition) is 5. The topological polar surface area (TPSA) is 64.1 Å². The van der Waals surface area contributed by atoms with Gasteiger partial charge in [0.15, 0.2) is 0 Å². The van der Waals surface area contributed by atoms with Crippen LogP contribution in [0.2, 0.25) is 10.0 Å². The van der Waals surface area contributed by atoms with Gasteiger partial charge in [0.25, 0.3) is 5.91 Å². The van der Waals surface area contributed by atoms with Crippen LogP contribution in [0.25, 0.3) is 10.6 Å². The Hall–Kier alpha value is -2.15. The van der Waals surface area contributed by atoms with E-state index in [-0.39, 0.29) is 10.9 Å². The van der Waals surface area contributed by atoms with Gasteiger partial charge in [0.1, 0.15) is 10.8 Å².